The summed E-state index contributed by atoms with van der Waals surface area (Å²) in [5, 5.41) is 0.394. The van der Waals surface area contributed by atoms with E-state index in [-0.39, 0.29) is 0 Å². The number of carbonyl (C=O) groups is 1. The Labute approximate surface area is 73.0 Å². The molecule has 1 aromatic rings. The normalized spacial score (nSPS) is 15.7. The maximum atomic E-state index is 10.7. The molecule has 0 fully saturated rings. The summed E-state index contributed by atoms with van der Waals surface area (Å²) in [4.78, 5) is 15.9. The number of hydrogen-bond acceptors (Lipinski definition) is 5. The van der Waals surface area contributed by atoms with Crippen molar-refractivity contribution in [3.05, 3.63) is 15.6 Å². The van der Waals surface area contributed by atoms with E-state index in [2.05, 4.69) is 15.8 Å². The molecule has 2 rings (SSSR count). The number of primary amides is 1. The van der Waals surface area contributed by atoms with E-state index < -0.39 is 5.91 Å². The second-order valence-electron chi connectivity index (χ2n) is 2.46. The highest BCUT2D eigenvalue weighted by Crippen LogP contribution is 2.19. The van der Waals surface area contributed by atoms with Crippen LogP contribution in [0.1, 0.15) is 20.4 Å². The monoisotopic (exact) mass is 184 g/mol. The highest BCUT2D eigenvalue weighted by molar-refractivity contribution is 7.13. The molecule has 0 spiro atoms. The molecule has 12 heavy (non-hydrogen) atoms. The van der Waals surface area contributed by atoms with Crippen molar-refractivity contribution >= 4 is 17.2 Å². The van der Waals surface area contributed by atoms with Crippen molar-refractivity contribution in [2.24, 2.45) is 5.73 Å². The Bertz CT molecular complexity index is 298. The predicted molar refractivity (Wildman–Crippen MR) is 44.3 cm³/mol. The molecule has 0 radical (unpaired) electrons. The summed E-state index contributed by atoms with van der Waals surface area (Å²) in [6, 6.07) is 0. The third-order valence-electron chi connectivity index (χ3n) is 1.62. The van der Waals surface area contributed by atoms with Crippen LogP contribution in [0.4, 0.5) is 0 Å². The van der Waals surface area contributed by atoms with Gasteiger partial charge >= 0.3 is 0 Å². The molecule has 0 saturated heterocycles. The molecular formula is C6H8N4OS. The Kier molecular flexibility index (Phi) is 1.80. The Morgan fingerprint density at radius 2 is 2.25 bits per heavy atom. The molecular weight excluding hydrogens is 176 g/mol. The van der Waals surface area contributed by atoms with Crippen molar-refractivity contribution in [3.63, 3.8) is 0 Å². The first-order chi connectivity index (χ1) is 5.77. The van der Waals surface area contributed by atoms with Crippen molar-refractivity contribution in [2.75, 3.05) is 0 Å². The zero-order chi connectivity index (χ0) is 8.55. The van der Waals surface area contributed by atoms with Crippen LogP contribution in [0, 0.1) is 0 Å². The summed E-state index contributed by atoms with van der Waals surface area (Å²) < 4.78 is 0. The molecule has 0 saturated carbocycles. The van der Waals surface area contributed by atoms with Gasteiger partial charge in [0.05, 0.1) is 12.2 Å². The van der Waals surface area contributed by atoms with Gasteiger partial charge in [-0.2, -0.15) is 0 Å². The van der Waals surface area contributed by atoms with Crippen LogP contribution in [0.15, 0.2) is 0 Å². The van der Waals surface area contributed by atoms with E-state index in [4.69, 9.17) is 5.73 Å². The van der Waals surface area contributed by atoms with Crippen LogP contribution >= 0.6 is 11.3 Å². The van der Waals surface area contributed by atoms with Crippen LogP contribution in [0.3, 0.4) is 0 Å². The predicted octanol–water partition coefficient (Wildman–Crippen LogP) is -0.650. The van der Waals surface area contributed by atoms with Gasteiger partial charge in [-0.15, -0.1) is 11.3 Å². The molecule has 0 aliphatic carbocycles. The van der Waals surface area contributed by atoms with Crippen LogP contribution < -0.4 is 16.6 Å². The number of nitrogens with two attached hydrogens (primary N) is 1. The second-order valence-corrected chi connectivity index (χ2v) is 3.54. The lowest BCUT2D eigenvalue weighted by Crippen LogP contribution is -2.35. The molecule has 5 nitrogen and oxygen atoms in total. The van der Waals surface area contributed by atoms with Crippen molar-refractivity contribution in [1.29, 1.82) is 0 Å². The summed E-state index contributed by atoms with van der Waals surface area (Å²) in [5.41, 5.74) is 11.9. The van der Waals surface area contributed by atoms with E-state index in [1.165, 1.54) is 11.3 Å². The van der Waals surface area contributed by atoms with Crippen LogP contribution in [-0.4, -0.2) is 10.9 Å². The quantitative estimate of drug-likeness (QED) is 0.542. The summed E-state index contributed by atoms with van der Waals surface area (Å²) in [7, 11) is 0. The summed E-state index contributed by atoms with van der Waals surface area (Å²) >= 11 is 1.36. The van der Waals surface area contributed by atoms with Gasteiger partial charge in [-0.25, -0.2) is 4.98 Å². The lowest BCUT2D eigenvalue weighted by Gasteiger charge is -2.11. The van der Waals surface area contributed by atoms with Gasteiger partial charge in [0.25, 0.3) is 5.91 Å². The maximum Gasteiger partial charge on any atom is 0.277 e. The molecule has 4 N–H and O–H groups in total. The lowest BCUT2D eigenvalue weighted by molar-refractivity contribution is 0.0999. The maximum absolute atomic E-state index is 10.7. The van der Waals surface area contributed by atoms with Crippen molar-refractivity contribution in [2.45, 2.75) is 13.1 Å². The van der Waals surface area contributed by atoms with Gasteiger partial charge < -0.3 is 5.73 Å². The minimum atomic E-state index is -0.450. The average Bonchev–Trinajstić information content (AvgIpc) is 2.46. The van der Waals surface area contributed by atoms with Gasteiger partial charge in [-0.1, -0.05) is 0 Å². The molecule has 1 aliphatic heterocycles. The van der Waals surface area contributed by atoms with Crippen LogP contribution in [-0.2, 0) is 13.1 Å². The number of aromatic nitrogens is 1. The lowest BCUT2D eigenvalue weighted by atomic mass is 10.3. The first kappa shape index (κ1) is 7.66. The number of nitrogens with one attached hydrogen (secondary N) is 2. The Morgan fingerprint density at radius 1 is 1.50 bits per heavy atom. The zero-order valence-corrected chi connectivity index (χ0v) is 7.07. The highest BCUT2D eigenvalue weighted by Gasteiger charge is 2.16. The fourth-order valence-electron chi connectivity index (χ4n) is 1.05. The molecule has 0 atom stereocenters. The fourth-order valence-corrected chi connectivity index (χ4v) is 1.92. The zero-order valence-electron chi connectivity index (χ0n) is 6.26. The highest BCUT2D eigenvalue weighted by atomic mass is 32.1. The van der Waals surface area contributed by atoms with E-state index in [9.17, 15) is 4.79 Å². The minimum Gasteiger partial charge on any atom is -0.364 e. The second kappa shape index (κ2) is 2.81. The fraction of sp³-hybridized carbons (Fsp3) is 0.333. The number of hydrogen-bond donors (Lipinski definition) is 3. The first-order valence-electron chi connectivity index (χ1n) is 3.51. The SMILES string of the molecule is NC(=O)c1nc2c(s1)CNNC2. The Hall–Kier alpha value is -0.980. The number of thiazole rings is 1. The molecule has 1 amide bonds. The number of fused-ring (bicyclic) bond motifs is 1. The standard InChI is InChI=1S/C6H8N4OS/c7-5(11)6-10-3-1-8-9-2-4(3)12-6/h8-9H,1-2H2,(H2,7,11). The Balaban J connectivity index is 2.38. The number of rotatable bonds is 1. The molecule has 2 heterocycles. The Morgan fingerprint density at radius 3 is 2.92 bits per heavy atom. The van der Waals surface area contributed by atoms with E-state index in [1.54, 1.807) is 0 Å². The number of nitrogens with zero attached hydrogens (tertiary/aromatic N) is 1. The third kappa shape index (κ3) is 1.20. The van der Waals surface area contributed by atoms with Gasteiger partial charge in [-0.05, 0) is 0 Å². The molecule has 1 aromatic heterocycles. The first-order valence-corrected chi connectivity index (χ1v) is 4.33. The van der Waals surface area contributed by atoms with Crippen molar-refractivity contribution in [3.8, 4) is 0 Å². The largest absolute Gasteiger partial charge is 0.364 e. The van der Waals surface area contributed by atoms with Crippen molar-refractivity contribution < 1.29 is 4.79 Å². The smallest absolute Gasteiger partial charge is 0.277 e. The van der Waals surface area contributed by atoms with Gasteiger partial charge in [0, 0.05) is 11.4 Å². The molecule has 1 aliphatic rings. The van der Waals surface area contributed by atoms with Gasteiger partial charge in [0.1, 0.15) is 0 Å². The molecule has 0 aromatic carbocycles. The minimum absolute atomic E-state index is 0.394. The topological polar surface area (TPSA) is 80.0 Å². The van der Waals surface area contributed by atoms with Gasteiger partial charge in [-0.3, -0.25) is 15.6 Å². The van der Waals surface area contributed by atoms with E-state index in [0.29, 0.717) is 18.1 Å². The van der Waals surface area contributed by atoms with Crippen LogP contribution in [0.25, 0.3) is 0 Å². The molecule has 6 heteroatoms. The van der Waals surface area contributed by atoms with Crippen molar-refractivity contribution in [1.82, 2.24) is 15.8 Å². The summed E-state index contributed by atoms with van der Waals surface area (Å²) in [5.74, 6) is -0.450. The summed E-state index contributed by atoms with van der Waals surface area (Å²) in [6.45, 7) is 1.36. The van der Waals surface area contributed by atoms with E-state index in [0.717, 1.165) is 10.6 Å². The van der Waals surface area contributed by atoms with E-state index >= 15 is 0 Å². The molecule has 0 bridgehead atoms. The average molecular weight is 184 g/mol. The molecule has 0 unspecified atom stereocenters. The van der Waals surface area contributed by atoms with E-state index in [1.807, 2.05) is 0 Å². The van der Waals surface area contributed by atoms with Gasteiger partial charge in [0.15, 0.2) is 5.01 Å². The van der Waals surface area contributed by atoms with Crippen LogP contribution in [0.2, 0.25) is 0 Å². The number of amides is 1. The van der Waals surface area contributed by atoms with Gasteiger partial charge in [0.2, 0.25) is 0 Å². The number of carbonyl (C=O) groups excluding carboxylic acids is 1. The molecule has 64 valence electrons. The third-order valence-corrected chi connectivity index (χ3v) is 2.73. The number of hydrazine groups is 1. The van der Waals surface area contributed by atoms with Crippen LogP contribution in [0.5, 0.6) is 0 Å². The summed E-state index contributed by atoms with van der Waals surface area (Å²) in [6.07, 6.45) is 0.